The fourth-order valence-corrected chi connectivity index (χ4v) is 3.51. The molecule has 1 aromatic rings. The lowest BCUT2D eigenvalue weighted by Gasteiger charge is -2.31. The van der Waals surface area contributed by atoms with E-state index in [4.69, 9.17) is 0 Å². The largest absolute Gasteiger partial charge is 0.317 e. The molecule has 1 N–H and O–H groups in total. The second kappa shape index (κ2) is 10.5. The summed E-state index contributed by atoms with van der Waals surface area (Å²) in [7, 11) is 0. The zero-order valence-corrected chi connectivity index (χ0v) is 14.0. The highest BCUT2D eigenvalue weighted by Gasteiger charge is 2.18. The Bertz CT molecular complexity index is 340. The van der Waals surface area contributed by atoms with Crippen molar-refractivity contribution < 1.29 is 0 Å². The number of thioether (sulfide) groups is 1. The van der Waals surface area contributed by atoms with E-state index in [1.807, 2.05) is 11.8 Å². The molecule has 0 unspecified atom stereocenters. The van der Waals surface area contributed by atoms with Crippen LogP contribution in [0.25, 0.3) is 0 Å². The van der Waals surface area contributed by atoms with Crippen molar-refractivity contribution in [1.29, 1.82) is 0 Å². The molecule has 1 saturated heterocycles. The third-order valence-electron chi connectivity index (χ3n) is 3.81. The van der Waals surface area contributed by atoms with Gasteiger partial charge in [0.2, 0.25) is 0 Å². The molecule has 1 fully saturated rings. The third kappa shape index (κ3) is 6.49. The second-order valence-corrected chi connectivity index (χ2v) is 6.42. The van der Waals surface area contributed by atoms with E-state index in [1.165, 1.54) is 49.7 Å². The van der Waals surface area contributed by atoms with Crippen LogP contribution >= 0.6 is 24.2 Å². The van der Waals surface area contributed by atoms with Crippen LogP contribution in [0.2, 0.25) is 0 Å². The maximum absolute atomic E-state index is 3.47. The number of hydrogen-bond donors (Lipinski definition) is 1. The van der Waals surface area contributed by atoms with E-state index < -0.39 is 0 Å². The van der Waals surface area contributed by atoms with Gasteiger partial charge in [-0.1, -0.05) is 25.1 Å². The first-order valence-corrected chi connectivity index (χ1v) is 8.48. The highest BCUT2D eigenvalue weighted by Crippen LogP contribution is 2.19. The summed E-state index contributed by atoms with van der Waals surface area (Å²) in [6.45, 7) is 8.30. The molecule has 114 valence electrons. The maximum atomic E-state index is 3.47. The molecule has 0 saturated carbocycles. The molecule has 0 atom stereocenters. The van der Waals surface area contributed by atoms with Crippen LogP contribution in [0.4, 0.5) is 0 Å². The standard InChI is InChI=1S/C16H26N2S.ClH/c1-2-17-14-15-8-10-18(11-9-15)12-13-19-16-6-4-3-5-7-16;/h3-7,15,17H,2,8-14H2,1H3;1H. The average Bonchev–Trinajstić information content (AvgIpc) is 2.47. The average molecular weight is 315 g/mol. The summed E-state index contributed by atoms with van der Waals surface area (Å²) in [4.78, 5) is 4.02. The van der Waals surface area contributed by atoms with Gasteiger partial charge in [0.05, 0.1) is 0 Å². The van der Waals surface area contributed by atoms with Crippen LogP contribution in [0.1, 0.15) is 19.8 Å². The molecule has 1 aliphatic heterocycles. The first-order valence-electron chi connectivity index (χ1n) is 7.49. The van der Waals surface area contributed by atoms with Crippen molar-refractivity contribution in [2.24, 2.45) is 5.92 Å². The van der Waals surface area contributed by atoms with E-state index in [0.29, 0.717) is 0 Å². The highest BCUT2D eigenvalue weighted by atomic mass is 35.5. The Morgan fingerprint density at radius 2 is 1.90 bits per heavy atom. The molecular weight excluding hydrogens is 288 g/mol. The lowest BCUT2D eigenvalue weighted by molar-refractivity contribution is 0.192. The van der Waals surface area contributed by atoms with Crippen LogP contribution in [0.15, 0.2) is 35.2 Å². The highest BCUT2D eigenvalue weighted by molar-refractivity contribution is 7.99. The molecule has 4 heteroatoms. The molecule has 20 heavy (non-hydrogen) atoms. The zero-order chi connectivity index (χ0) is 13.3. The molecule has 0 aromatic heterocycles. The van der Waals surface area contributed by atoms with E-state index in [1.54, 1.807) is 0 Å². The van der Waals surface area contributed by atoms with E-state index in [-0.39, 0.29) is 12.4 Å². The Kier molecular flexibility index (Phi) is 9.36. The maximum Gasteiger partial charge on any atom is 0.0108 e. The minimum absolute atomic E-state index is 0. The zero-order valence-electron chi connectivity index (χ0n) is 12.4. The van der Waals surface area contributed by atoms with Crippen LogP contribution in [0.5, 0.6) is 0 Å². The van der Waals surface area contributed by atoms with Gasteiger partial charge in [-0.2, -0.15) is 0 Å². The van der Waals surface area contributed by atoms with Crippen molar-refractivity contribution in [2.45, 2.75) is 24.7 Å². The Balaban J connectivity index is 0.00000200. The van der Waals surface area contributed by atoms with Gasteiger partial charge in [-0.05, 0) is 57.1 Å². The number of nitrogens with zero attached hydrogens (tertiary/aromatic N) is 1. The first kappa shape index (κ1) is 17.8. The summed E-state index contributed by atoms with van der Waals surface area (Å²) in [5, 5.41) is 3.47. The van der Waals surface area contributed by atoms with Gasteiger partial charge in [-0.25, -0.2) is 0 Å². The first-order chi connectivity index (χ1) is 9.38. The minimum atomic E-state index is 0. The third-order valence-corrected chi connectivity index (χ3v) is 4.80. The number of hydrogen-bond acceptors (Lipinski definition) is 3. The molecule has 1 aromatic carbocycles. The fourth-order valence-electron chi connectivity index (χ4n) is 2.57. The van der Waals surface area contributed by atoms with Crippen LogP contribution in [-0.2, 0) is 0 Å². The summed E-state index contributed by atoms with van der Waals surface area (Å²) in [5.41, 5.74) is 0. The summed E-state index contributed by atoms with van der Waals surface area (Å²) >= 11 is 1.97. The molecule has 1 heterocycles. The lowest BCUT2D eigenvalue weighted by Crippen LogP contribution is -2.38. The minimum Gasteiger partial charge on any atom is -0.317 e. The summed E-state index contributed by atoms with van der Waals surface area (Å²) in [5.74, 6) is 2.11. The summed E-state index contributed by atoms with van der Waals surface area (Å²) in [6, 6.07) is 10.7. The van der Waals surface area contributed by atoms with Gasteiger partial charge >= 0.3 is 0 Å². The molecule has 2 nitrogen and oxygen atoms in total. The van der Waals surface area contributed by atoms with Crippen molar-refractivity contribution >= 4 is 24.2 Å². The van der Waals surface area contributed by atoms with Crippen molar-refractivity contribution in [3.63, 3.8) is 0 Å². The van der Waals surface area contributed by atoms with Gasteiger partial charge in [0.15, 0.2) is 0 Å². The van der Waals surface area contributed by atoms with Crippen molar-refractivity contribution in [3.8, 4) is 0 Å². The SMILES string of the molecule is CCNCC1CCN(CCSc2ccccc2)CC1.Cl. The number of benzene rings is 1. The van der Waals surface area contributed by atoms with Crippen LogP contribution in [0.3, 0.4) is 0 Å². The normalized spacial score (nSPS) is 16.9. The topological polar surface area (TPSA) is 15.3 Å². The monoisotopic (exact) mass is 314 g/mol. The van der Waals surface area contributed by atoms with E-state index in [2.05, 4.69) is 47.5 Å². The Morgan fingerprint density at radius 1 is 1.20 bits per heavy atom. The number of likely N-dealkylation sites (tertiary alicyclic amines) is 1. The summed E-state index contributed by atoms with van der Waals surface area (Å²) < 4.78 is 0. The van der Waals surface area contributed by atoms with Gasteiger partial charge < -0.3 is 10.2 Å². The van der Waals surface area contributed by atoms with E-state index in [0.717, 1.165) is 12.5 Å². The quantitative estimate of drug-likeness (QED) is 0.775. The van der Waals surface area contributed by atoms with Gasteiger partial charge in [0.1, 0.15) is 0 Å². The fraction of sp³-hybridized carbons (Fsp3) is 0.625. The molecular formula is C16H27ClN2S. The predicted octanol–water partition coefficient (Wildman–Crippen LogP) is 3.52. The van der Waals surface area contributed by atoms with Crippen LogP contribution in [0, 0.1) is 5.92 Å². The van der Waals surface area contributed by atoms with Gasteiger partial charge in [-0.15, -0.1) is 24.2 Å². The molecule has 1 aliphatic rings. The molecule has 2 rings (SSSR count). The Morgan fingerprint density at radius 3 is 2.55 bits per heavy atom. The molecule has 0 aliphatic carbocycles. The predicted molar refractivity (Wildman–Crippen MR) is 92.1 cm³/mol. The van der Waals surface area contributed by atoms with Gasteiger partial charge in [0.25, 0.3) is 0 Å². The number of rotatable bonds is 7. The number of nitrogens with one attached hydrogen (secondary N) is 1. The van der Waals surface area contributed by atoms with Crippen LogP contribution < -0.4 is 5.32 Å². The molecule has 0 amide bonds. The molecule has 0 spiro atoms. The Hall–Kier alpha value is -0.220. The van der Waals surface area contributed by atoms with Gasteiger partial charge in [0, 0.05) is 17.2 Å². The molecule has 0 radical (unpaired) electrons. The van der Waals surface area contributed by atoms with Crippen molar-refractivity contribution in [1.82, 2.24) is 10.2 Å². The van der Waals surface area contributed by atoms with E-state index >= 15 is 0 Å². The molecule has 0 bridgehead atoms. The van der Waals surface area contributed by atoms with Gasteiger partial charge in [-0.3, -0.25) is 0 Å². The van der Waals surface area contributed by atoms with E-state index in [9.17, 15) is 0 Å². The summed E-state index contributed by atoms with van der Waals surface area (Å²) in [6.07, 6.45) is 2.73. The number of halogens is 1. The van der Waals surface area contributed by atoms with Crippen molar-refractivity contribution in [3.05, 3.63) is 30.3 Å². The lowest BCUT2D eigenvalue weighted by atomic mass is 9.97. The smallest absolute Gasteiger partial charge is 0.0108 e. The second-order valence-electron chi connectivity index (χ2n) is 5.25. The Labute approximate surface area is 134 Å². The van der Waals surface area contributed by atoms with Crippen LogP contribution in [-0.4, -0.2) is 43.4 Å². The van der Waals surface area contributed by atoms with Crippen molar-refractivity contribution in [2.75, 3.05) is 38.5 Å². The number of piperidine rings is 1.